The van der Waals surface area contributed by atoms with Gasteiger partial charge in [0.25, 0.3) is 0 Å². The van der Waals surface area contributed by atoms with Gasteiger partial charge < -0.3 is 5.11 Å². The van der Waals surface area contributed by atoms with Crippen molar-refractivity contribution in [2.45, 2.75) is 85.2 Å². The Bertz CT molecular complexity index is 424. The van der Waals surface area contributed by atoms with Gasteiger partial charge in [-0.1, -0.05) is 38.8 Å². The predicted octanol–water partition coefficient (Wildman–Crippen LogP) is 5.34. The van der Waals surface area contributed by atoms with Crippen molar-refractivity contribution in [3.05, 3.63) is 11.6 Å². The van der Waals surface area contributed by atoms with E-state index in [-0.39, 0.29) is 6.10 Å². The fraction of sp³-hybridized carbons (Fsp3) is 0.900. The van der Waals surface area contributed by atoms with Gasteiger partial charge in [-0.2, -0.15) is 0 Å². The molecule has 0 spiro atoms. The van der Waals surface area contributed by atoms with Gasteiger partial charge in [-0.15, -0.1) is 0 Å². The van der Waals surface area contributed by atoms with E-state index in [2.05, 4.69) is 26.8 Å². The van der Waals surface area contributed by atoms with Crippen molar-refractivity contribution in [2.24, 2.45) is 28.6 Å². The number of aliphatic hydroxyl groups is 1. The van der Waals surface area contributed by atoms with Crippen LogP contribution >= 0.6 is 0 Å². The molecule has 1 N–H and O–H groups in total. The van der Waals surface area contributed by atoms with Gasteiger partial charge in [0.05, 0.1) is 6.10 Å². The smallest absolute Gasteiger partial charge is 0.0512 e. The van der Waals surface area contributed by atoms with E-state index >= 15 is 0 Å². The van der Waals surface area contributed by atoms with Crippen molar-refractivity contribution in [1.29, 1.82) is 0 Å². The maximum absolute atomic E-state index is 9.77. The molecule has 0 aromatic rings. The zero-order valence-corrected chi connectivity index (χ0v) is 14.5. The molecule has 1 heteroatoms. The summed E-state index contributed by atoms with van der Waals surface area (Å²) in [7, 11) is 0. The Morgan fingerprint density at radius 3 is 2.76 bits per heavy atom. The van der Waals surface area contributed by atoms with Crippen molar-refractivity contribution < 1.29 is 5.11 Å². The largest absolute Gasteiger partial charge is 0.393 e. The summed E-state index contributed by atoms with van der Waals surface area (Å²) >= 11 is 0. The van der Waals surface area contributed by atoms with Gasteiger partial charge in [-0.25, -0.2) is 0 Å². The van der Waals surface area contributed by atoms with Crippen LogP contribution in [0.3, 0.4) is 0 Å². The molecule has 3 aliphatic rings. The molecular weight excluding hydrogens is 256 g/mol. The van der Waals surface area contributed by atoms with Crippen LogP contribution in [0.5, 0.6) is 0 Å². The molecule has 120 valence electrons. The van der Waals surface area contributed by atoms with E-state index in [0.29, 0.717) is 10.8 Å². The van der Waals surface area contributed by atoms with Crippen LogP contribution in [-0.4, -0.2) is 11.2 Å². The first kappa shape index (κ1) is 15.6. The Hall–Kier alpha value is -0.300. The second kappa shape index (κ2) is 5.41. The van der Waals surface area contributed by atoms with Crippen LogP contribution in [0.4, 0.5) is 0 Å². The molecule has 2 fully saturated rings. The number of fused-ring (bicyclic) bond motifs is 3. The van der Waals surface area contributed by atoms with Crippen molar-refractivity contribution in [1.82, 2.24) is 0 Å². The van der Waals surface area contributed by atoms with Crippen LogP contribution in [-0.2, 0) is 0 Å². The quantitative estimate of drug-likeness (QED) is 0.696. The Morgan fingerprint density at radius 2 is 2.05 bits per heavy atom. The minimum Gasteiger partial charge on any atom is -0.393 e. The highest BCUT2D eigenvalue weighted by molar-refractivity contribution is 5.28. The SMILES string of the molecule is CC(O)CCC1(C)C(C)CC=C2C1CCC1CCCC21C. The standard InChI is InChI=1S/C20H34O/c1-14-7-9-18-17(19(14,3)13-11-15(2)21)10-8-16-6-5-12-20(16,18)4/h9,14-17,21H,5-8,10-13H2,1-4H3. The topological polar surface area (TPSA) is 20.2 Å². The molecule has 0 aromatic heterocycles. The lowest BCUT2D eigenvalue weighted by Gasteiger charge is -2.55. The predicted molar refractivity (Wildman–Crippen MR) is 89.1 cm³/mol. The summed E-state index contributed by atoms with van der Waals surface area (Å²) in [5.74, 6) is 2.49. The molecule has 0 radical (unpaired) electrons. The Balaban J connectivity index is 1.89. The first-order valence-electron chi connectivity index (χ1n) is 9.26. The van der Waals surface area contributed by atoms with Crippen LogP contribution in [0, 0.1) is 28.6 Å². The van der Waals surface area contributed by atoms with Gasteiger partial charge in [0, 0.05) is 0 Å². The van der Waals surface area contributed by atoms with E-state index < -0.39 is 0 Å². The molecular formula is C20H34O. The molecule has 0 amide bonds. The number of rotatable bonds is 3. The fourth-order valence-corrected chi connectivity index (χ4v) is 5.92. The maximum Gasteiger partial charge on any atom is 0.0512 e. The normalized spacial score (nSPS) is 47.5. The third-order valence-electron chi connectivity index (χ3n) is 7.70. The minimum atomic E-state index is -0.151. The molecule has 0 heterocycles. The van der Waals surface area contributed by atoms with Crippen LogP contribution in [0.25, 0.3) is 0 Å². The monoisotopic (exact) mass is 290 g/mol. The summed E-state index contributed by atoms with van der Waals surface area (Å²) < 4.78 is 0. The lowest BCUT2D eigenvalue weighted by Crippen LogP contribution is -2.46. The molecule has 0 saturated heterocycles. The average Bonchev–Trinajstić information content (AvgIpc) is 2.82. The summed E-state index contributed by atoms with van der Waals surface area (Å²) in [5.41, 5.74) is 2.73. The lowest BCUT2D eigenvalue weighted by molar-refractivity contribution is 0.0264. The number of allylic oxidation sites excluding steroid dienone is 2. The maximum atomic E-state index is 9.77. The van der Waals surface area contributed by atoms with E-state index in [1.54, 1.807) is 0 Å². The van der Waals surface area contributed by atoms with Crippen molar-refractivity contribution in [3.8, 4) is 0 Å². The summed E-state index contributed by atoms with van der Waals surface area (Å²) in [6.45, 7) is 9.48. The highest BCUT2D eigenvalue weighted by atomic mass is 16.3. The summed E-state index contributed by atoms with van der Waals surface area (Å²) in [6, 6.07) is 0. The molecule has 1 nitrogen and oxygen atoms in total. The molecule has 3 rings (SSSR count). The lowest BCUT2D eigenvalue weighted by atomic mass is 9.50. The van der Waals surface area contributed by atoms with Crippen molar-refractivity contribution in [2.75, 3.05) is 0 Å². The van der Waals surface area contributed by atoms with Gasteiger partial charge in [0.2, 0.25) is 0 Å². The molecule has 6 atom stereocenters. The van der Waals surface area contributed by atoms with Gasteiger partial charge in [-0.05, 0) is 80.5 Å². The second-order valence-corrected chi connectivity index (χ2v) is 8.83. The van der Waals surface area contributed by atoms with Crippen LogP contribution in [0.1, 0.15) is 79.1 Å². The third-order valence-corrected chi connectivity index (χ3v) is 7.70. The zero-order valence-electron chi connectivity index (χ0n) is 14.5. The number of hydrogen-bond donors (Lipinski definition) is 1. The summed E-state index contributed by atoms with van der Waals surface area (Å²) in [5, 5.41) is 9.77. The first-order valence-corrected chi connectivity index (χ1v) is 9.26. The van der Waals surface area contributed by atoms with Crippen LogP contribution in [0.2, 0.25) is 0 Å². The minimum absolute atomic E-state index is 0.151. The molecule has 0 aromatic carbocycles. The molecule has 2 saturated carbocycles. The Morgan fingerprint density at radius 1 is 1.29 bits per heavy atom. The van der Waals surface area contributed by atoms with E-state index in [4.69, 9.17) is 0 Å². The van der Waals surface area contributed by atoms with Gasteiger partial charge in [0.1, 0.15) is 0 Å². The van der Waals surface area contributed by atoms with E-state index in [1.165, 1.54) is 44.9 Å². The molecule has 6 unspecified atom stereocenters. The van der Waals surface area contributed by atoms with Crippen molar-refractivity contribution in [3.63, 3.8) is 0 Å². The highest BCUT2D eigenvalue weighted by Crippen LogP contribution is 2.63. The zero-order chi connectivity index (χ0) is 15.3. The average molecular weight is 290 g/mol. The molecule has 3 aliphatic carbocycles. The fourth-order valence-electron chi connectivity index (χ4n) is 5.92. The summed E-state index contributed by atoms with van der Waals surface area (Å²) in [4.78, 5) is 0. The second-order valence-electron chi connectivity index (χ2n) is 8.83. The van der Waals surface area contributed by atoms with E-state index in [0.717, 1.165) is 24.2 Å². The van der Waals surface area contributed by atoms with Gasteiger partial charge in [0.15, 0.2) is 0 Å². The molecule has 21 heavy (non-hydrogen) atoms. The van der Waals surface area contributed by atoms with Gasteiger partial charge >= 0.3 is 0 Å². The number of hydrogen-bond acceptors (Lipinski definition) is 1. The van der Waals surface area contributed by atoms with Crippen LogP contribution < -0.4 is 0 Å². The van der Waals surface area contributed by atoms with Crippen molar-refractivity contribution >= 4 is 0 Å². The van der Waals surface area contributed by atoms with E-state index in [1.807, 2.05) is 12.5 Å². The Kier molecular flexibility index (Phi) is 4.01. The summed E-state index contributed by atoms with van der Waals surface area (Å²) in [6.07, 6.45) is 13.0. The molecule has 0 aliphatic heterocycles. The van der Waals surface area contributed by atoms with Gasteiger partial charge in [-0.3, -0.25) is 0 Å². The Labute approximate surface area is 131 Å². The molecule has 0 bridgehead atoms. The third kappa shape index (κ3) is 2.40. The highest BCUT2D eigenvalue weighted by Gasteiger charge is 2.53. The van der Waals surface area contributed by atoms with Crippen LogP contribution in [0.15, 0.2) is 11.6 Å². The van der Waals surface area contributed by atoms with E-state index in [9.17, 15) is 5.11 Å². The number of aliphatic hydroxyl groups excluding tert-OH is 1. The first-order chi connectivity index (χ1) is 9.88.